The fraction of sp³-hybridized carbons (Fsp3) is 0.389. The van der Waals surface area contributed by atoms with Crippen LogP contribution in [0.2, 0.25) is 0 Å². The molecular weight excluding hydrogens is 1000 g/mol. The van der Waals surface area contributed by atoms with Gasteiger partial charge in [0.2, 0.25) is 47.8 Å². The summed E-state index contributed by atoms with van der Waals surface area (Å²) in [6, 6.07) is 28.0. The van der Waals surface area contributed by atoms with E-state index in [2.05, 4.69) is 84.6 Å². The summed E-state index contributed by atoms with van der Waals surface area (Å²) in [5.41, 5.74) is 17.0. The number of amides is 8. The molecule has 8 amide bonds. The highest BCUT2D eigenvalue weighted by atomic mass is 16.4. The average Bonchev–Trinajstić information content (AvgIpc) is 3.42. The number of carboxylic acids is 1. The van der Waals surface area contributed by atoms with Crippen LogP contribution in [0.4, 0.5) is 0 Å². The molecule has 4 rings (SSSR count). The quantitative estimate of drug-likeness (QED) is 0.0213. The van der Waals surface area contributed by atoms with Crippen LogP contribution in [-0.4, -0.2) is 142 Å². The summed E-state index contributed by atoms with van der Waals surface area (Å²) in [7, 11) is 1.96. The molecule has 0 bridgehead atoms. The highest BCUT2D eigenvalue weighted by Crippen LogP contribution is 2.17. The molecule has 78 heavy (non-hydrogen) atoms. The van der Waals surface area contributed by atoms with Crippen molar-refractivity contribution >= 4 is 76.8 Å². The lowest BCUT2D eigenvalue weighted by atomic mass is 10.0. The van der Waals surface area contributed by atoms with E-state index in [1.807, 2.05) is 68.6 Å². The Morgan fingerprint density at radius 2 is 1.13 bits per heavy atom. The predicted molar refractivity (Wildman–Crippen MR) is 302 cm³/mol. The van der Waals surface area contributed by atoms with Gasteiger partial charge in [-0.05, 0) is 68.6 Å². The van der Waals surface area contributed by atoms with Gasteiger partial charge < -0.3 is 70.2 Å². The van der Waals surface area contributed by atoms with Gasteiger partial charge in [0.1, 0.15) is 18.1 Å². The van der Waals surface area contributed by atoms with Crippen LogP contribution < -0.4 is 65.1 Å². The van der Waals surface area contributed by atoms with E-state index in [9.17, 15) is 48.3 Å². The summed E-state index contributed by atoms with van der Waals surface area (Å²) in [5, 5.41) is 39.4. The average molecular weight is 1090 g/mol. The van der Waals surface area contributed by atoms with Gasteiger partial charge in [0.25, 0.3) is 0 Å². The number of hydrogen-bond donors (Lipinski definition) is 14. The molecule has 24 heteroatoms. The number of carbonyl (C=O) groups excluding carboxylic acids is 8. The largest absolute Gasteiger partial charge is 0.481 e. The number of likely N-dealkylation sites (N-methyl/N-ethyl adjacent to an activating group) is 1. The van der Waals surface area contributed by atoms with E-state index < -0.39 is 91.5 Å². The standard InChI is InChI=1S/C38H46N8O10.C7H8.C4H11N3.C4H11N.CH4N2/c1-2-40-31(48)20-41-32(49)21-42-36(54)29(18-25-12-13-26-10-6-7-11-27(26)16-25)45-34(51)22-43-37(55)30(17-24-8-4-3-5-9-24)46-38(56)28(14-15-35(52)53)44-33(50)19-39-23-47;1-7-5-3-2-4-6-7;1-2-3-7-4(5)6;1-3-4-5-2;2-1-3/h3-13,16,23,28-30H,2,14-15,17-22H2,1H3,(H,39,47)(H,40,48)(H,41,49)(H,42,54)(H,43,55)(H,44,50)(H,45,51)(H,46,56)(H,52,53);2-6H,1H3;2-3H2,1H3,(H4,5,6,7);5H,3-4H2,1-2H3;1H,(H3,2,3). The van der Waals surface area contributed by atoms with E-state index in [-0.39, 0.29) is 38.2 Å². The van der Waals surface area contributed by atoms with Crippen LogP contribution in [0.5, 0.6) is 0 Å². The van der Waals surface area contributed by atoms with Gasteiger partial charge in [-0.15, -0.1) is 0 Å². The summed E-state index contributed by atoms with van der Waals surface area (Å²) in [6.45, 7) is 8.34. The normalized spacial score (nSPS) is 10.9. The lowest BCUT2D eigenvalue weighted by molar-refractivity contribution is -0.138. The monoisotopic (exact) mass is 1080 g/mol. The van der Waals surface area contributed by atoms with E-state index >= 15 is 0 Å². The van der Waals surface area contributed by atoms with Crippen molar-refractivity contribution in [3.63, 3.8) is 0 Å². The molecule has 0 saturated carbocycles. The van der Waals surface area contributed by atoms with E-state index in [1.165, 1.54) is 12.0 Å². The Kier molecular flexibility index (Phi) is 38.4. The Balaban J connectivity index is 0.00000223. The number of carboxylic acid groups (broad SMARTS) is 1. The van der Waals surface area contributed by atoms with Crippen molar-refractivity contribution in [2.45, 2.75) is 84.3 Å². The number of benzene rings is 4. The van der Waals surface area contributed by atoms with Crippen molar-refractivity contribution in [1.29, 1.82) is 5.41 Å². The minimum atomic E-state index is -1.38. The Bertz CT molecular complexity index is 2460. The second-order valence-electron chi connectivity index (χ2n) is 16.7. The molecule has 4 aromatic carbocycles. The maximum absolute atomic E-state index is 13.5. The Labute approximate surface area is 456 Å². The smallest absolute Gasteiger partial charge is 0.303 e. The molecule has 0 heterocycles. The summed E-state index contributed by atoms with van der Waals surface area (Å²) >= 11 is 0. The van der Waals surface area contributed by atoms with Crippen molar-refractivity contribution in [3.8, 4) is 0 Å². The molecule has 0 saturated heterocycles. The van der Waals surface area contributed by atoms with Crippen molar-refractivity contribution in [2.24, 2.45) is 22.2 Å². The molecule has 17 N–H and O–H groups in total. The minimum absolute atomic E-state index is 0.00931. The molecule has 0 radical (unpaired) electrons. The topological polar surface area (TPSA) is 396 Å². The minimum Gasteiger partial charge on any atom is -0.481 e. The van der Waals surface area contributed by atoms with Crippen molar-refractivity contribution < 1.29 is 48.3 Å². The second kappa shape index (κ2) is 43.3. The highest BCUT2D eigenvalue weighted by molar-refractivity contribution is 5.96. The molecule has 0 aliphatic heterocycles. The Hall–Kier alpha value is -8.93. The number of carbonyl (C=O) groups is 9. The third kappa shape index (κ3) is 34.5. The fourth-order valence-corrected chi connectivity index (χ4v) is 6.41. The lowest BCUT2D eigenvalue weighted by Crippen LogP contribution is -2.56. The van der Waals surface area contributed by atoms with E-state index in [0.717, 1.165) is 36.6 Å². The summed E-state index contributed by atoms with van der Waals surface area (Å²) in [6.07, 6.45) is 2.39. The van der Waals surface area contributed by atoms with Gasteiger partial charge in [0.15, 0.2) is 5.96 Å². The third-order valence-electron chi connectivity index (χ3n) is 10.1. The van der Waals surface area contributed by atoms with Crippen LogP contribution in [0, 0.1) is 12.3 Å². The summed E-state index contributed by atoms with van der Waals surface area (Å²) in [4.78, 5) is 115. The highest BCUT2D eigenvalue weighted by Gasteiger charge is 2.29. The number of guanidine groups is 1. The Morgan fingerprint density at radius 1 is 0.615 bits per heavy atom. The van der Waals surface area contributed by atoms with Gasteiger partial charge in [-0.25, -0.2) is 0 Å². The number of aliphatic imine (C=N–C) groups is 1. The van der Waals surface area contributed by atoms with Crippen molar-refractivity contribution in [1.82, 2.24) is 47.9 Å². The molecule has 0 aliphatic rings. The molecule has 4 aromatic rings. The van der Waals surface area contributed by atoms with Crippen LogP contribution in [-0.2, 0) is 56.0 Å². The molecule has 24 nitrogen and oxygen atoms in total. The van der Waals surface area contributed by atoms with Gasteiger partial charge in [0.05, 0.1) is 32.5 Å². The van der Waals surface area contributed by atoms with Gasteiger partial charge in [-0.3, -0.25) is 53.6 Å². The number of nitrogens with two attached hydrogens (primary N) is 3. The number of hydrogen-bond acceptors (Lipinski definition) is 12. The van der Waals surface area contributed by atoms with E-state index in [0.29, 0.717) is 17.7 Å². The molecule has 0 fully saturated rings. The summed E-state index contributed by atoms with van der Waals surface area (Å²) < 4.78 is 0. The number of fused-ring (bicyclic) bond motifs is 1. The molecule has 3 unspecified atom stereocenters. The zero-order valence-electron chi connectivity index (χ0n) is 45.2. The molecule has 0 aliphatic carbocycles. The Morgan fingerprint density at radius 3 is 1.63 bits per heavy atom. The van der Waals surface area contributed by atoms with Crippen molar-refractivity contribution in [2.75, 3.05) is 52.9 Å². The van der Waals surface area contributed by atoms with E-state index in [1.54, 1.807) is 43.3 Å². The predicted octanol–water partition coefficient (Wildman–Crippen LogP) is 0.00769. The summed E-state index contributed by atoms with van der Waals surface area (Å²) in [5.74, 6) is -6.04. The third-order valence-corrected chi connectivity index (χ3v) is 10.1. The number of aliphatic carboxylic acids is 1. The van der Waals surface area contributed by atoms with Crippen LogP contribution in [0.15, 0.2) is 108 Å². The maximum atomic E-state index is 13.5. The molecule has 426 valence electrons. The van der Waals surface area contributed by atoms with Gasteiger partial charge in [-0.2, -0.15) is 0 Å². The van der Waals surface area contributed by atoms with Crippen molar-refractivity contribution in [3.05, 3.63) is 120 Å². The first-order valence-corrected chi connectivity index (χ1v) is 25.2. The van der Waals surface area contributed by atoms with Gasteiger partial charge >= 0.3 is 5.97 Å². The van der Waals surface area contributed by atoms with Crippen LogP contribution in [0.1, 0.15) is 63.1 Å². The van der Waals surface area contributed by atoms with Gasteiger partial charge in [0, 0.05) is 32.4 Å². The van der Waals surface area contributed by atoms with E-state index in [4.69, 9.17) is 16.9 Å². The first-order chi connectivity index (χ1) is 37.4. The lowest BCUT2D eigenvalue weighted by Gasteiger charge is -2.23. The zero-order valence-corrected chi connectivity index (χ0v) is 45.2. The molecular formula is C54H80N14O10. The maximum Gasteiger partial charge on any atom is 0.303 e. The first-order valence-electron chi connectivity index (χ1n) is 25.2. The number of aryl methyl sites for hydroxylation is 1. The molecule has 0 aromatic heterocycles. The first kappa shape index (κ1) is 69.1. The molecule has 3 atom stereocenters. The fourth-order valence-electron chi connectivity index (χ4n) is 6.41. The zero-order chi connectivity index (χ0) is 58.5. The number of rotatable bonds is 27. The van der Waals surface area contributed by atoms with Crippen LogP contribution in [0.25, 0.3) is 10.8 Å². The number of nitrogens with zero attached hydrogens (tertiary/aromatic N) is 1. The van der Waals surface area contributed by atoms with Crippen LogP contribution in [0.3, 0.4) is 0 Å². The second-order valence-corrected chi connectivity index (χ2v) is 16.7. The van der Waals surface area contributed by atoms with Crippen LogP contribution >= 0.6 is 0 Å². The van der Waals surface area contributed by atoms with Gasteiger partial charge in [-0.1, -0.05) is 123 Å². The molecule has 0 spiro atoms. The SMILES string of the molecule is CCCN=C(N)N.CCCNC.CCNC(=O)CNC(=O)CNC(=O)C(Cc1ccc2ccccc2c1)NC(=O)CNC(=O)C(Cc1ccccc1)NC(=O)C(CCC(=O)O)NC(=O)CNC=O.Cc1ccccc1.N=CN. The number of nitrogens with one attached hydrogen (secondary N) is 10.